The molecule has 1 atom stereocenters. The summed E-state index contributed by atoms with van der Waals surface area (Å²) in [5, 5.41) is 3.85. The van der Waals surface area contributed by atoms with Crippen molar-refractivity contribution in [2.24, 2.45) is 11.8 Å². The van der Waals surface area contributed by atoms with Crippen LogP contribution in [0.1, 0.15) is 64.9 Å². The van der Waals surface area contributed by atoms with Gasteiger partial charge >= 0.3 is 0 Å². The lowest BCUT2D eigenvalue weighted by Gasteiger charge is -2.37. The highest BCUT2D eigenvalue weighted by atomic mass is 19.1. The van der Waals surface area contributed by atoms with Crippen LogP contribution in [0.4, 0.5) is 4.39 Å². The van der Waals surface area contributed by atoms with E-state index in [2.05, 4.69) is 35.2 Å². The van der Waals surface area contributed by atoms with Gasteiger partial charge in [-0.1, -0.05) is 53.2 Å². The molecule has 4 rings (SSSR count). The number of ketones is 1. The Kier molecular flexibility index (Phi) is 7.14. The molecule has 0 bridgehead atoms. The van der Waals surface area contributed by atoms with Crippen molar-refractivity contribution in [1.82, 2.24) is 15.0 Å². The van der Waals surface area contributed by atoms with E-state index in [-0.39, 0.29) is 23.5 Å². The van der Waals surface area contributed by atoms with Gasteiger partial charge in [-0.15, -0.1) is 0 Å². The van der Waals surface area contributed by atoms with E-state index in [4.69, 9.17) is 4.52 Å². The summed E-state index contributed by atoms with van der Waals surface area (Å²) < 4.78 is 19.0. The minimum absolute atomic E-state index is 0.0751. The fourth-order valence-corrected chi connectivity index (χ4v) is 4.78. The zero-order chi connectivity index (χ0) is 23.4. The number of carbonyl (C=O) groups excluding carboxylic acids is 1. The molecule has 0 saturated heterocycles. The van der Waals surface area contributed by atoms with Crippen LogP contribution in [0.25, 0.3) is 6.08 Å². The van der Waals surface area contributed by atoms with E-state index in [0.29, 0.717) is 23.3 Å². The van der Waals surface area contributed by atoms with Gasteiger partial charge in [-0.2, -0.15) is 4.98 Å². The average Bonchev–Trinajstić information content (AvgIpc) is 3.28. The molecule has 172 valence electrons. The summed E-state index contributed by atoms with van der Waals surface area (Å²) in [5.41, 5.74) is 2.67. The molecule has 1 saturated carbocycles. The maximum absolute atomic E-state index is 13.8. The minimum atomic E-state index is -0.244. The van der Waals surface area contributed by atoms with E-state index in [1.165, 1.54) is 6.07 Å². The zero-order valence-electron chi connectivity index (χ0n) is 19.4. The summed E-state index contributed by atoms with van der Waals surface area (Å²) in [6, 6.07) is 14.5. The molecule has 3 aromatic rings. The third-order valence-corrected chi connectivity index (χ3v) is 6.48. The van der Waals surface area contributed by atoms with E-state index in [9.17, 15) is 9.18 Å². The summed E-state index contributed by atoms with van der Waals surface area (Å²) in [6.07, 6.45) is 8.15. The van der Waals surface area contributed by atoms with Gasteiger partial charge in [0.05, 0.1) is 0 Å². The first-order valence-corrected chi connectivity index (χ1v) is 11.5. The summed E-state index contributed by atoms with van der Waals surface area (Å²) in [6.45, 7) is 1.97. The molecule has 0 spiro atoms. The molecule has 1 aliphatic rings. The van der Waals surface area contributed by atoms with Gasteiger partial charge in [0.15, 0.2) is 0 Å². The summed E-state index contributed by atoms with van der Waals surface area (Å²) in [4.78, 5) is 19.0. The SMILES string of the molecule is Cc1ccc(C(=O)c2noc(C=CC3CCC(C(c4cccc(F)c4)N(C)C)CC3)n2)cc1. The highest BCUT2D eigenvalue weighted by molar-refractivity contribution is 6.06. The van der Waals surface area contributed by atoms with Gasteiger partial charge < -0.3 is 9.42 Å². The average molecular weight is 448 g/mol. The third-order valence-electron chi connectivity index (χ3n) is 6.48. The molecule has 2 aromatic carbocycles. The lowest BCUT2D eigenvalue weighted by Crippen LogP contribution is -2.30. The van der Waals surface area contributed by atoms with E-state index in [1.807, 2.05) is 31.2 Å². The topological polar surface area (TPSA) is 59.2 Å². The van der Waals surface area contributed by atoms with Crippen molar-refractivity contribution in [1.29, 1.82) is 0 Å². The standard InChI is InChI=1S/C27H30FN3O2/c1-18-7-12-21(13-8-18)26(32)27-29-24(33-30-27)16-11-19-9-14-20(15-10-19)25(31(2)3)22-5-4-6-23(28)17-22/h4-8,11-13,16-17,19-20,25H,9-10,14-15H2,1-3H3. The first-order valence-electron chi connectivity index (χ1n) is 11.5. The van der Waals surface area contributed by atoms with Crippen molar-refractivity contribution in [3.8, 4) is 0 Å². The Morgan fingerprint density at radius 3 is 2.52 bits per heavy atom. The molecule has 5 nitrogen and oxygen atoms in total. The van der Waals surface area contributed by atoms with Crippen molar-refractivity contribution < 1.29 is 13.7 Å². The number of rotatable bonds is 7. The molecule has 0 amide bonds. The number of allylic oxidation sites excluding steroid dienone is 1. The second kappa shape index (κ2) is 10.2. The van der Waals surface area contributed by atoms with E-state index >= 15 is 0 Å². The molecule has 1 heterocycles. The highest BCUT2D eigenvalue weighted by Gasteiger charge is 2.29. The Labute approximate surface area is 194 Å². The second-order valence-corrected chi connectivity index (χ2v) is 9.15. The monoisotopic (exact) mass is 447 g/mol. The fraction of sp³-hybridized carbons (Fsp3) is 0.370. The predicted octanol–water partition coefficient (Wildman–Crippen LogP) is 5.87. The van der Waals surface area contributed by atoms with E-state index in [1.54, 1.807) is 24.3 Å². The zero-order valence-corrected chi connectivity index (χ0v) is 19.4. The third kappa shape index (κ3) is 5.63. The van der Waals surface area contributed by atoms with Crippen LogP contribution in [0.5, 0.6) is 0 Å². The molecule has 6 heteroatoms. The Morgan fingerprint density at radius 1 is 1.12 bits per heavy atom. The lowest BCUT2D eigenvalue weighted by atomic mass is 9.76. The number of hydrogen-bond acceptors (Lipinski definition) is 5. The molecular weight excluding hydrogens is 417 g/mol. The van der Waals surface area contributed by atoms with Gasteiger partial charge in [-0.05, 0) is 82.3 Å². The van der Waals surface area contributed by atoms with E-state index < -0.39 is 0 Å². The summed E-state index contributed by atoms with van der Waals surface area (Å²) in [5.74, 6) is 0.889. The van der Waals surface area contributed by atoms with Crippen molar-refractivity contribution in [2.75, 3.05) is 14.1 Å². The number of benzene rings is 2. The smallest absolute Gasteiger partial charge is 0.250 e. The molecule has 0 radical (unpaired) electrons. The van der Waals surface area contributed by atoms with Crippen molar-refractivity contribution in [3.63, 3.8) is 0 Å². The number of nitrogens with zero attached hydrogens (tertiary/aromatic N) is 3. The predicted molar refractivity (Wildman–Crippen MR) is 126 cm³/mol. The number of carbonyl (C=O) groups is 1. The Morgan fingerprint density at radius 2 is 1.85 bits per heavy atom. The molecule has 33 heavy (non-hydrogen) atoms. The molecule has 1 fully saturated rings. The van der Waals surface area contributed by atoms with Crippen LogP contribution in [0, 0.1) is 24.6 Å². The van der Waals surface area contributed by atoms with Gasteiger partial charge in [0.2, 0.25) is 11.6 Å². The number of aryl methyl sites for hydroxylation is 1. The molecule has 0 N–H and O–H groups in total. The largest absolute Gasteiger partial charge is 0.334 e. The minimum Gasteiger partial charge on any atom is -0.334 e. The highest BCUT2D eigenvalue weighted by Crippen LogP contribution is 2.40. The first-order chi connectivity index (χ1) is 15.9. The van der Waals surface area contributed by atoms with Gasteiger partial charge in [-0.3, -0.25) is 4.79 Å². The second-order valence-electron chi connectivity index (χ2n) is 9.15. The Bertz CT molecular complexity index is 1110. The Balaban J connectivity index is 1.36. The van der Waals surface area contributed by atoms with Gasteiger partial charge in [0.1, 0.15) is 5.82 Å². The maximum atomic E-state index is 13.8. The molecule has 1 aromatic heterocycles. The Hall–Kier alpha value is -3.12. The van der Waals surface area contributed by atoms with Crippen LogP contribution in [-0.2, 0) is 0 Å². The lowest BCUT2D eigenvalue weighted by molar-refractivity contribution is 0.102. The fourth-order valence-electron chi connectivity index (χ4n) is 4.78. The number of hydrogen-bond donors (Lipinski definition) is 0. The van der Waals surface area contributed by atoms with Crippen LogP contribution < -0.4 is 0 Å². The number of halogens is 1. The van der Waals surface area contributed by atoms with Gasteiger partial charge in [0.25, 0.3) is 5.89 Å². The molecule has 1 unspecified atom stereocenters. The summed E-state index contributed by atoms with van der Waals surface area (Å²) >= 11 is 0. The molecule has 1 aliphatic carbocycles. The quantitative estimate of drug-likeness (QED) is 0.424. The first kappa shape index (κ1) is 23.1. The maximum Gasteiger partial charge on any atom is 0.250 e. The van der Waals surface area contributed by atoms with Crippen molar-refractivity contribution in [2.45, 2.75) is 38.6 Å². The van der Waals surface area contributed by atoms with Crippen molar-refractivity contribution in [3.05, 3.63) is 88.8 Å². The molecular formula is C27H30FN3O2. The van der Waals surface area contributed by atoms with Crippen molar-refractivity contribution >= 4 is 11.9 Å². The van der Waals surface area contributed by atoms with Gasteiger partial charge in [-0.25, -0.2) is 4.39 Å². The summed E-state index contributed by atoms with van der Waals surface area (Å²) in [7, 11) is 4.12. The van der Waals surface area contributed by atoms with Gasteiger partial charge in [0, 0.05) is 11.6 Å². The number of aromatic nitrogens is 2. The normalized spacial score (nSPS) is 19.8. The van der Waals surface area contributed by atoms with Crippen LogP contribution in [0.2, 0.25) is 0 Å². The van der Waals surface area contributed by atoms with Crippen LogP contribution >= 0.6 is 0 Å². The molecule has 0 aliphatic heterocycles. The van der Waals surface area contributed by atoms with Crippen LogP contribution in [0.3, 0.4) is 0 Å². The van der Waals surface area contributed by atoms with Crippen LogP contribution in [0.15, 0.2) is 59.1 Å². The van der Waals surface area contributed by atoms with E-state index in [0.717, 1.165) is 36.8 Å². The van der Waals surface area contributed by atoms with Crippen LogP contribution in [-0.4, -0.2) is 34.9 Å².